The fourth-order valence-corrected chi connectivity index (χ4v) is 3.11. The van der Waals surface area contributed by atoms with E-state index in [4.69, 9.17) is 0 Å². The maximum atomic E-state index is 4.58. The van der Waals surface area contributed by atoms with Crippen molar-refractivity contribution in [2.24, 2.45) is 5.92 Å². The van der Waals surface area contributed by atoms with Gasteiger partial charge in [0.25, 0.3) is 0 Å². The fourth-order valence-electron chi connectivity index (χ4n) is 2.41. The average Bonchev–Trinajstić information content (AvgIpc) is 2.89. The molecule has 84 valence electrons. The molecule has 3 rings (SSSR count). The fraction of sp³-hybridized carbons (Fsp3) is 0.462. The molecule has 0 saturated carbocycles. The van der Waals surface area contributed by atoms with E-state index in [2.05, 4.69) is 40.2 Å². The molecule has 0 aliphatic carbocycles. The molecule has 1 unspecified atom stereocenters. The highest BCUT2D eigenvalue weighted by molar-refractivity contribution is 7.09. The van der Waals surface area contributed by atoms with E-state index in [9.17, 15) is 0 Å². The molecule has 2 aromatic heterocycles. The number of aromatic nitrogens is 2. The largest absolute Gasteiger partial charge is 0.332 e. The van der Waals surface area contributed by atoms with Crippen LogP contribution in [-0.2, 0) is 19.4 Å². The summed E-state index contributed by atoms with van der Waals surface area (Å²) in [4.78, 5) is 5.99. The standard InChI is InChI=1S/C13H16N2S/c1-10-4-5-15-11(7-10)9-14-13(15)8-12-3-2-6-16-12/h2-3,6,9-10H,4-5,7-8H2,1H3. The highest BCUT2D eigenvalue weighted by Gasteiger charge is 2.18. The maximum Gasteiger partial charge on any atom is 0.114 e. The molecule has 3 heterocycles. The topological polar surface area (TPSA) is 17.8 Å². The van der Waals surface area contributed by atoms with Gasteiger partial charge in [-0.1, -0.05) is 13.0 Å². The van der Waals surface area contributed by atoms with Crippen molar-refractivity contribution in [1.82, 2.24) is 9.55 Å². The third-order valence-corrected chi connectivity index (χ3v) is 4.21. The molecule has 1 aliphatic heterocycles. The second-order valence-corrected chi connectivity index (χ2v) is 5.70. The zero-order valence-corrected chi connectivity index (χ0v) is 10.3. The first kappa shape index (κ1) is 10.1. The van der Waals surface area contributed by atoms with Crippen molar-refractivity contribution in [1.29, 1.82) is 0 Å². The van der Waals surface area contributed by atoms with Crippen molar-refractivity contribution in [3.63, 3.8) is 0 Å². The van der Waals surface area contributed by atoms with E-state index >= 15 is 0 Å². The van der Waals surface area contributed by atoms with Crippen molar-refractivity contribution in [3.8, 4) is 0 Å². The number of imidazole rings is 1. The van der Waals surface area contributed by atoms with Gasteiger partial charge in [-0.25, -0.2) is 4.98 Å². The molecule has 1 atom stereocenters. The van der Waals surface area contributed by atoms with Gasteiger partial charge in [0.15, 0.2) is 0 Å². The van der Waals surface area contributed by atoms with Gasteiger partial charge in [0, 0.05) is 29.7 Å². The van der Waals surface area contributed by atoms with Gasteiger partial charge in [0.1, 0.15) is 5.82 Å². The van der Waals surface area contributed by atoms with Crippen LogP contribution in [0.15, 0.2) is 23.7 Å². The van der Waals surface area contributed by atoms with Crippen molar-refractivity contribution in [3.05, 3.63) is 40.1 Å². The summed E-state index contributed by atoms with van der Waals surface area (Å²) in [6.45, 7) is 3.48. The minimum absolute atomic E-state index is 0.818. The van der Waals surface area contributed by atoms with E-state index < -0.39 is 0 Å². The van der Waals surface area contributed by atoms with E-state index in [1.54, 1.807) is 0 Å². The van der Waals surface area contributed by atoms with Crippen LogP contribution >= 0.6 is 11.3 Å². The van der Waals surface area contributed by atoms with Crippen LogP contribution in [0.3, 0.4) is 0 Å². The van der Waals surface area contributed by atoms with Crippen LogP contribution in [-0.4, -0.2) is 9.55 Å². The highest BCUT2D eigenvalue weighted by Crippen LogP contribution is 2.23. The zero-order chi connectivity index (χ0) is 11.0. The van der Waals surface area contributed by atoms with Crippen LogP contribution in [0, 0.1) is 5.92 Å². The lowest BCUT2D eigenvalue weighted by molar-refractivity contribution is 0.410. The smallest absolute Gasteiger partial charge is 0.114 e. The molecule has 0 saturated heterocycles. The Morgan fingerprint density at radius 3 is 3.31 bits per heavy atom. The van der Waals surface area contributed by atoms with Gasteiger partial charge in [0.05, 0.1) is 0 Å². The Labute approximate surface area is 100.0 Å². The summed E-state index contributed by atoms with van der Waals surface area (Å²) < 4.78 is 2.42. The van der Waals surface area contributed by atoms with Crippen molar-refractivity contribution < 1.29 is 0 Å². The molecule has 16 heavy (non-hydrogen) atoms. The summed E-state index contributed by atoms with van der Waals surface area (Å²) in [5.74, 6) is 2.06. The summed E-state index contributed by atoms with van der Waals surface area (Å²) in [5.41, 5.74) is 1.42. The van der Waals surface area contributed by atoms with Crippen LogP contribution in [0.2, 0.25) is 0 Å². The second kappa shape index (κ2) is 4.06. The van der Waals surface area contributed by atoms with E-state index in [1.807, 2.05) is 11.3 Å². The maximum absolute atomic E-state index is 4.58. The number of nitrogens with zero attached hydrogens (tertiary/aromatic N) is 2. The molecule has 0 spiro atoms. The lowest BCUT2D eigenvalue weighted by Gasteiger charge is -2.21. The Morgan fingerprint density at radius 1 is 1.56 bits per heavy atom. The first-order chi connectivity index (χ1) is 7.83. The third-order valence-electron chi connectivity index (χ3n) is 3.34. The monoisotopic (exact) mass is 232 g/mol. The predicted octanol–water partition coefficient (Wildman–Crippen LogP) is 3.12. The summed E-state index contributed by atoms with van der Waals surface area (Å²) in [6, 6.07) is 4.31. The molecule has 0 aromatic carbocycles. The Morgan fingerprint density at radius 2 is 2.50 bits per heavy atom. The first-order valence-corrected chi connectivity index (χ1v) is 6.76. The van der Waals surface area contributed by atoms with Gasteiger partial charge in [-0.15, -0.1) is 11.3 Å². The van der Waals surface area contributed by atoms with Gasteiger partial charge in [-0.2, -0.15) is 0 Å². The van der Waals surface area contributed by atoms with Crippen LogP contribution in [0.25, 0.3) is 0 Å². The SMILES string of the molecule is CC1CCn2c(cnc2Cc2cccs2)C1. The van der Waals surface area contributed by atoms with Gasteiger partial charge in [-0.3, -0.25) is 0 Å². The lowest BCUT2D eigenvalue weighted by atomic mass is 9.98. The van der Waals surface area contributed by atoms with Gasteiger partial charge < -0.3 is 4.57 Å². The number of rotatable bonds is 2. The molecule has 0 radical (unpaired) electrons. The molecule has 3 heteroatoms. The summed E-state index contributed by atoms with van der Waals surface area (Å²) in [7, 11) is 0. The van der Waals surface area contributed by atoms with Crippen molar-refractivity contribution in [2.75, 3.05) is 0 Å². The zero-order valence-electron chi connectivity index (χ0n) is 9.52. The van der Waals surface area contributed by atoms with E-state index in [0.717, 1.165) is 18.9 Å². The summed E-state index contributed by atoms with van der Waals surface area (Å²) >= 11 is 1.82. The highest BCUT2D eigenvalue weighted by atomic mass is 32.1. The summed E-state index contributed by atoms with van der Waals surface area (Å²) in [5, 5.41) is 2.14. The van der Waals surface area contributed by atoms with E-state index in [1.165, 1.54) is 29.2 Å². The Bertz CT molecular complexity index is 470. The minimum Gasteiger partial charge on any atom is -0.332 e. The van der Waals surface area contributed by atoms with Crippen LogP contribution in [0.1, 0.15) is 29.7 Å². The molecule has 0 amide bonds. The van der Waals surface area contributed by atoms with E-state index in [0.29, 0.717) is 0 Å². The van der Waals surface area contributed by atoms with Gasteiger partial charge in [0.2, 0.25) is 0 Å². The normalized spacial score (nSPS) is 19.7. The van der Waals surface area contributed by atoms with Gasteiger partial charge in [-0.05, 0) is 30.2 Å². The van der Waals surface area contributed by atoms with Crippen LogP contribution < -0.4 is 0 Å². The molecular weight excluding hydrogens is 216 g/mol. The number of fused-ring (bicyclic) bond motifs is 1. The van der Waals surface area contributed by atoms with E-state index in [-0.39, 0.29) is 0 Å². The van der Waals surface area contributed by atoms with Crippen molar-refractivity contribution in [2.45, 2.75) is 32.7 Å². The molecule has 0 N–H and O–H groups in total. The minimum atomic E-state index is 0.818. The second-order valence-electron chi connectivity index (χ2n) is 4.67. The van der Waals surface area contributed by atoms with Crippen molar-refractivity contribution >= 4 is 11.3 Å². The Hall–Kier alpha value is -1.09. The number of hydrogen-bond donors (Lipinski definition) is 0. The molecule has 1 aliphatic rings. The molecule has 0 fully saturated rings. The lowest BCUT2D eigenvalue weighted by Crippen LogP contribution is -2.18. The number of hydrogen-bond acceptors (Lipinski definition) is 2. The molecule has 2 aromatic rings. The molecule has 0 bridgehead atoms. The quantitative estimate of drug-likeness (QED) is 0.778. The van der Waals surface area contributed by atoms with Crippen LogP contribution in [0.4, 0.5) is 0 Å². The first-order valence-electron chi connectivity index (χ1n) is 5.88. The molecule has 2 nitrogen and oxygen atoms in total. The summed E-state index contributed by atoms with van der Waals surface area (Å²) in [6.07, 6.45) is 5.54. The molecular formula is C13H16N2S. The number of thiophene rings is 1. The Kier molecular flexibility index (Phi) is 2.56. The van der Waals surface area contributed by atoms with Crippen LogP contribution in [0.5, 0.6) is 0 Å². The van der Waals surface area contributed by atoms with Gasteiger partial charge >= 0.3 is 0 Å². The predicted molar refractivity (Wildman–Crippen MR) is 66.8 cm³/mol. The third kappa shape index (κ3) is 1.80. The average molecular weight is 232 g/mol. The Balaban J connectivity index is 1.86.